The second-order valence-electron chi connectivity index (χ2n) is 5.36. The normalized spacial score (nSPS) is 11.4. The Morgan fingerprint density at radius 1 is 0.917 bits per heavy atom. The van der Waals surface area contributed by atoms with Gasteiger partial charge < -0.3 is 5.73 Å². The number of para-hydroxylation sites is 1. The highest BCUT2D eigenvalue weighted by Gasteiger charge is 2.24. The predicted octanol–water partition coefficient (Wildman–Crippen LogP) is 2.76. The summed E-state index contributed by atoms with van der Waals surface area (Å²) < 4.78 is 26.9. The Bertz CT molecular complexity index is 1030. The molecule has 2 N–H and O–H groups in total. The van der Waals surface area contributed by atoms with Crippen LogP contribution in [0.2, 0.25) is 0 Å². The maximum absolute atomic E-state index is 12.9. The Labute approximate surface area is 140 Å². The van der Waals surface area contributed by atoms with Gasteiger partial charge in [0.2, 0.25) is 0 Å². The minimum atomic E-state index is -3.81. The number of sulfonamides is 1. The Kier molecular flexibility index (Phi) is 3.99. The fourth-order valence-electron chi connectivity index (χ4n) is 2.57. The van der Waals surface area contributed by atoms with E-state index in [1.165, 1.54) is 13.1 Å². The summed E-state index contributed by atoms with van der Waals surface area (Å²) in [5, 5.41) is 1.78. The number of hydrogen-bond donors (Lipinski definition) is 1. The molecule has 0 fully saturated rings. The summed E-state index contributed by atoms with van der Waals surface area (Å²) in [6.07, 6.45) is 0. The number of nitrogens with two attached hydrogens (primary N) is 1. The van der Waals surface area contributed by atoms with E-state index < -0.39 is 15.9 Å². The van der Waals surface area contributed by atoms with Gasteiger partial charge in [-0.25, -0.2) is 8.42 Å². The molecule has 24 heavy (non-hydrogen) atoms. The van der Waals surface area contributed by atoms with Gasteiger partial charge in [-0.1, -0.05) is 42.5 Å². The van der Waals surface area contributed by atoms with E-state index in [0.717, 1.165) is 15.1 Å². The Hall–Kier alpha value is -2.86. The molecule has 0 aliphatic rings. The molecule has 0 aromatic heterocycles. The first-order chi connectivity index (χ1) is 11.4. The summed E-state index contributed by atoms with van der Waals surface area (Å²) in [5.41, 5.74) is 5.75. The van der Waals surface area contributed by atoms with E-state index in [-0.39, 0.29) is 16.1 Å². The minimum absolute atomic E-state index is 0.156. The molecule has 0 aliphatic heterocycles. The molecule has 0 aliphatic carbocycles. The summed E-state index contributed by atoms with van der Waals surface area (Å²) >= 11 is 0. The molecule has 3 aromatic carbocycles. The highest BCUT2D eigenvalue weighted by atomic mass is 32.2. The van der Waals surface area contributed by atoms with Crippen molar-refractivity contribution in [3.8, 4) is 0 Å². The lowest BCUT2D eigenvalue weighted by atomic mass is 10.1. The van der Waals surface area contributed by atoms with E-state index in [9.17, 15) is 13.2 Å². The monoisotopic (exact) mass is 340 g/mol. The fourth-order valence-corrected chi connectivity index (χ4v) is 3.82. The standard InChI is InChI=1S/C18H16N2O3S/c1-20(17-9-5-4-8-16(17)18(19)21)24(22,23)15-11-10-13-6-2-3-7-14(13)12-15/h2-12H,1H3,(H2,19,21). The molecule has 5 nitrogen and oxygen atoms in total. The molecule has 0 unspecified atom stereocenters. The van der Waals surface area contributed by atoms with E-state index in [1.807, 2.05) is 24.3 Å². The maximum Gasteiger partial charge on any atom is 0.264 e. The minimum Gasteiger partial charge on any atom is -0.366 e. The number of carbonyl (C=O) groups excluding carboxylic acids is 1. The Morgan fingerprint density at radius 3 is 2.25 bits per heavy atom. The van der Waals surface area contributed by atoms with Gasteiger partial charge in [0.1, 0.15) is 0 Å². The van der Waals surface area contributed by atoms with Crippen LogP contribution in [0.1, 0.15) is 10.4 Å². The molecule has 3 rings (SSSR count). The van der Waals surface area contributed by atoms with E-state index in [0.29, 0.717) is 0 Å². The zero-order valence-electron chi connectivity index (χ0n) is 13.0. The molecule has 0 spiro atoms. The van der Waals surface area contributed by atoms with Crippen LogP contribution in [0.5, 0.6) is 0 Å². The number of rotatable bonds is 4. The number of amides is 1. The molecule has 6 heteroatoms. The SMILES string of the molecule is CN(c1ccccc1C(N)=O)S(=O)(=O)c1ccc2ccccc2c1. The number of nitrogens with zero attached hydrogens (tertiary/aromatic N) is 1. The molecular weight excluding hydrogens is 324 g/mol. The third-order valence-corrected chi connectivity index (χ3v) is 5.66. The van der Waals surface area contributed by atoms with Crippen LogP contribution in [-0.4, -0.2) is 21.4 Å². The fraction of sp³-hybridized carbons (Fsp3) is 0.0556. The summed E-state index contributed by atoms with van der Waals surface area (Å²) in [6.45, 7) is 0. The smallest absolute Gasteiger partial charge is 0.264 e. The van der Waals surface area contributed by atoms with Gasteiger partial charge in [0.25, 0.3) is 15.9 Å². The van der Waals surface area contributed by atoms with Crippen LogP contribution in [0.3, 0.4) is 0 Å². The van der Waals surface area contributed by atoms with Crippen molar-refractivity contribution in [1.82, 2.24) is 0 Å². The lowest BCUT2D eigenvalue weighted by molar-refractivity contribution is 0.100. The molecule has 0 saturated heterocycles. The Balaban J connectivity index is 2.11. The first kappa shape index (κ1) is 16.0. The number of primary amides is 1. The van der Waals surface area contributed by atoms with Crippen LogP contribution in [0.15, 0.2) is 71.6 Å². The second-order valence-corrected chi connectivity index (χ2v) is 7.33. The van der Waals surface area contributed by atoms with Crippen molar-refractivity contribution in [2.75, 3.05) is 11.4 Å². The molecule has 0 atom stereocenters. The van der Waals surface area contributed by atoms with Gasteiger partial charge in [-0.3, -0.25) is 9.10 Å². The third-order valence-electron chi connectivity index (χ3n) is 3.89. The van der Waals surface area contributed by atoms with Gasteiger partial charge in [-0.05, 0) is 35.0 Å². The number of hydrogen-bond acceptors (Lipinski definition) is 3. The molecule has 3 aromatic rings. The van der Waals surface area contributed by atoms with Crippen LogP contribution in [0.25, 0.3) is 10.8 Å². The largest absolute Gasteiger partial charge is 0.366 e. The predicted molar refractivity (Wildman–Crippen MR) is 94.5 cm³/mol. The molecule has 0 radical (unpaired) electrons. The highest BCUT2D eigenvalue weighted by molar-refractivity contribution is 7.92. The number of fused-ring (bicyclic) bond motifs is 1. The third kappa shape index (κ3) is 2.72. The van der Waals surface area contributed by atoms with E-state index >= 15 is 0 Å². The summed E-state index contributed by atoms with van der Waals surface area (Å²) in [7, 11) is -2.40. The van der Waals surface area contributed by atoms with Gasteiger partial charge in [0.05, 0.1) is 16.1 Å². The lowest BCUT2D eigenvalue weighted by Crippen LogP contribution is -2.29. The zero-order chi connectivity index (χ0) is 17.3. The van der Waals surface area contributed by atoms with Crippen molar-refractivity contribution in [1.29, 1.82) is 0 Å². The topological polar surface area (TPSA) is 80.5 Å². The lowest BCUT2D eigenvalue weighted by Gasteiger charge is -2.21. The van der Waals surface area contributed by atoms with Crippen LogP contribution in [0.4, 0.5) is 5.69 Å². The van der Waals surface area contributed by atoms with Crippen molar-refractivity contribution in [2.45, 2.75) is 4.90 Å². The maximum atomic E-state index is 12.9. The van der Waals surface area contributed by atoms with Gasteiger partial charge in [-0.2, -0.15) is 0 Å². The van der Waals surface area contributed by atoms with Crippen molar-refractivity contribution < 1.29 is 13.2 Å². The highest BCUT2D eigenvalue weighted by Crippen LogP contribution is 2.27. The van der Waals surface area contributed by atoms with Crippen LogP contribution in [0, 0.1) is 0 Å². The molecular formula is C18H16N2O3S. The number of anilines is 1. The molecule has 122 valence electrons. The molecule has 0 bridgehead atoms. The second kappa shape index (κ2) is 5.98. The van der Waals surface area contributed by atoms with E-state index in [4.69, 9.17) is 5.73 Å². The molecule has 1 amide bonds. The Morgan fingerprint density at radius 2 is 1.54 bits per heavy atom. The van der Waals surface area contributed by atoms with E-state index in [1.54, 1.807) is 36.4 Å². The van der Waals surface area contributed by atoms with Crippen molar-refractivity contribution in [3.05, 3.63) is 72.3 Å². The average Bonchev–Trinajstić information content (AvgIpc) is 2.60. The van der Waals surface area contributed by atoms with Crippen LogP contribution in [-0.2, 0) is 10.0 Å². The molecule has 0 saturated carbocycles. The van der Waals surface area contributed by atoms with Crippen molar-refractivity contribution in [2.24, 2.45) is 5.73 Å². The first-order valence-corrected chi connectivity index (χ1v) is 8.72. The zero-order valence-corrected chi connectivity index (χ0v) is 13.8. The van der Waals surface area contributed by atoms with E-state index in [2.05, 4.69) is 0 Å². The number of benzene rings is 3. The van der Waals surface area contributed by atoms with Crippen molar-refractivity contribution in [3.63, 3.8) is 0 Å². The van der Waals surface area contributed by atoms with Gasteiger partial charge in [-0.15, -0.1) is 0 Å². The van der Waals surface area contributed by atoms with Crippen LogP contribution < -0.4 is 10.0 Å². The van der Waals surface area contributed by atoms with Crippen LogP contribution >= 0.6 is 0 Å². The molecule has 0 heterocycles. The van der Waals surface area contributed by atoms with Gasteiger partial charge >= 0.3 is 0 Å². The first-order valence-electron chi connectivity index (χ1n) is 7.28. The van der Waals surface area contributed by atoms with Gasteiger partial charge in [0, 0.05) is 7.05 Å². The average molecular weight is 340 g/mol. The van der Waals surface area contributed by atoms with Gasteiger partial charge in [0.15, 0.2) is 0 Å². The quantitative estimate of drug-likeness (QED) is 0.793. The van der Waals surface area contributed by atoms with Crippen molar-refractivity contribution >= 4 is 32.4 Å². The number of carbonyl (C=O) groups is 1. The summed E-state index contributed by atoms with van der Waals surface area (Å²) in [6, 6.07) is 18.8. The summed E-state index contributed by atoms with van der Waals surface area (Å²) in [5.74, 6) is -0.675. The summed E-state index contributed by atoms with van der Waals surface area (Å²) in [4.78, 5) is 11.7.